The largest absolute Gasteiger partial charge is 0.462 e. The van der Waals surface area contributed by atoms with Crippen LogP contribution in [0.15, 0.2) is 12.7 Å². The van der Waals surface area contributed by atoms with Crippen LogP contribution in [0.4, 0.5) is 39.5 Å². The molecule has 0 aromatic heterocycles. The first kappa shape index (κ1) is 21.6. The molecule has 0 rings (SSSR count). The van der Waals surface area contributed by atoms with Crippen LogP contribution >= 0.6 is 0 Å². The minimum atomic E-state index is -6.93. The molecule has 0 aliphatic heterocycles. The molecule has 0 saturated heterocycles. The van der Waals surface area contributed by atoms with E-state index in [0.29, 0.717) is 6.08 Å². The van der Waals surface area contributed by atoms with Gasteiger partial charge in [-0.25, -0.2) is 4.79 Å². The van der Waals surface area contributed by atoms with Gasteiger partial charge in [-0.2, -0.15) is 39.5 Å². The van der Waals surface area contributed by atoms with Crippen molar-refractivity contribution in [3.05, 3.63) is 12.7 Å². The van der Waals surface area contributed by atoms with Crippen LogP contribution in [0.3, 0.4) is 0 Å². The van der Waals surface area contributed by atoms with E-state index >= 15 is 0 Å². The van der Waals surface area contributed by atoms with E-state index in [-0.39, 0.29) is 0 Å². The molecule has 23 heavy (non-hydrogen) atoms. The number of hydrogen-bond donors (Lipinski definition) is 0. The summed E-state index contributed by atoms with van der Waals surface area (Å²) < 4.78 is 119. The van der Waals surface area contributed by atoms with Crippen molar-refractivity contribution in [2.75, 3.05) is 6.61 Å². The first-order valence-electron chi connectivity index (χ1n) is 5.91. The Balaban J connectivity index is 5.38. The number of halogens is 9. The monoisotopic (exact) mass is 360 g/mol. The fraction of sp³-hybridized carbons (Fsp3) is 0.750. The summed E-state index contributed by atoms with van der Waals surface area (Å²) in [6, 6.07) is 0. The predicted molar refractivity (Wildman–Crippen MR) is 60.5 cm³/mol. The molecule has 136 valence electrons. The molecule has 0 aromatic carbocycles. The van der Waals surface area contributed by atoms with E-state index < -0.39 is 48.4 Å². The van der Waals surface area contributed by atoms with Crippen molar-refractivity contribution < 1.29 is 49.0 Å². The molecule has 2 nitrogen and oxygen atoms in total. The maximum Gasteiger partial charge on any atom is 0.460 e. The first-order chi connectivity index (χ1) is 9.91. The SMILES string of the molecule is C=CC(=O)OCC(C)(C)CC(F)(F)C(F)(F)C(F)(F)C(F)(F)F. The van der Waals surface area contributed by atoms with Crippen LogP contribution in [0.25, 0.3) is 0 Å². The van der Waals surface area contributed by atoms with Crippen molar-refractivity contribution in [2.45, 2.75) is 44.2 Å². The van der Waals surface area contributed by atoms with Gasteiger partial charge in [0.2, 0.25) is 0 Å². The lowest BCUT2D eigenvalue weighted by molar-refractivity contribution is -0.399. The summed E-state index contributed by atoms with van der Waals surface area (Å²) in [5, 5.41) is 0. The molecule has 0 heterocycles. The molecule has 11 heteroatoms. The number of alkyl halides is 9. The highest BCUT2D eigenvalue weighted by molar-refractivity contribution is 5.81. The van der Waals surface area contributed by atoms with Crippen LogP contribution < -0.4 is 0 Å². The van der Waals surface area contributed by atoms with E-state index in [0.717, 1.165) is 13.8 Å². The number of carbonyl (C=O) groups is 1. The molecule has 0 unspecified atom stereocenters. The van der Waals surface area contributed by atoms with E-state index in [2.05, 4.69) is 11.3 Å². The lowest BCUT2D eigenvalue weighted by atomic mass is 9.83. The maximum absolute atomic E-state index is 13.4. The van der Waals surface area contributed by atoms with E-state index in [4.69, 9.17) is 0 Å². The van der Waals surface area contributed by atoms with Crippen molar-refractivity contribution in [1.82, 2.24) is 0 Å². The van der Waals surface area contributed by atoms with Gasteiger partial charge < -0.3 is 4.74 Å². The van der Waals surface area contributed by atoms with Gasteiger partial charge in [-0.15, -0.1) is 0 Å². The molecule has 0 amide bonds. The summed E-state index contributed by atoms with van der Waals surface area (Å²) in [7, 11) is 0. The predicted octanol–water partition coefficient (Wildman–Crippen LogP) is 4.60. The van der Waals surface area contributed by atoms with Crippen LogP contribution in [0, 0.1) is 5.41 Å². The molecule has 0 atom stereocenters. The lowest BCUT2D eigenvalue weighted by Gasteiger charge is -2.37. The van der Waals surface area contributed by atoms with Crippen LogP contribution in [0.2, 0.25) is 0 Å². The van der Waals surface area contributed by atoms with Gasteiger partial charge in [0.1, 0.15) is 0 Å². The minimum absolute atomic E-state index is 0.626. The topological polar surface area (TPSA) is 26.3 Å². The average molecular weight is 360 g/mol. The Morgan fingerprint density at radius 2 is 1.39 bits per heavy atom. The van der Waals surface area contributed by atoms with Gasteiger partial charge in [0.05, 0.1) is 6.61 Å². The lowest BCUT2D eigenvalue weighted by Crippen LogP contribution is -2.61. The normalized spacial score (nSPS) is 14.6. The Hall–Kier alpha value is -1.42. The molecule has 0 bridgehead atoms. The molecule has 0 N–H and O–H groups in total. The molecule has 0 spiro atoms. The fourth-order valence-corrected chi connectivity index (χ4v) is 1.50. The van der Waals surface area contributed by atoms with Gasteiger partial charge in [-0.05, 0) is 0 Å². The highest BCUT2D eigenvalue weighted by Gasteiger charge is 2.81. The number of ether oxygens (including phenoxy) is 1. The number of esters is 1. The van der Waals surface area contributed by atoms with E-state index in [9.17, 15) is 44.3 Å². The zero-order chi connectivity index (χ0) is 18.9. The van der Waals surface area contributed by atoms with Gasteiger partial charge in [-0.1, -0.05) is 20.4 Å². The maximum atomic E-state index is 13.4. The Labute approximate surface area is 125 Å². The van der Waals surface area contributed by atoms with E-state index in [1.54, 1.807) is 0 Å². The van der Waals surface area contributed by atoms with Crippen LogP contribution in [-0.4, -0.2) is 36.5 Å². The number of hydrogen-bond acceptors (Lipinski definition) is 2. The van der Waals surface area contributed by atoms with Crippen molar-refractivity contribution in [2.24, 2.45) is 5.41 Å². The molecule has 0 aliphatic carbocycles. The molecule has 0 radical (unpaired) electrons. The molecule has 0 fully saturated rings. The summed E-state index contributed by atoms with van der Waals surface area (Å²) in [5.74, 6) is -20.4. The van der Waals surface area contributed by atoms with Gasteiger partial charge in [-0.3, -0.25) is 0 Å². The zero-order valence-electron chi connectivity index (χ0n) is 11.9. The highest BCUT2D eigenvalue weighted by Crippen LogP contribution is 2.55. The second kappa shape index (κ2) is 6.23. The minimum Gasteiger partial charge on any atom is -0.462 e. The summed E-state index contributed by atoms with van der Waals surface area (Å²) in [6.07, 6.45) is -8.32. The van der Waals surface area contributed by atoms with Crippen LogP contribution in [0.5, 0.6) is 0 Å². The second-order valence-corrected chi connectivity index (χ2v) is 5.50. The standard InChI is InChI=1S/C12H13F9O2/c1-4-7(22)23-6-8(2,3)5-9(13,14)10(15,16)11(17,18)12(19,20)21/h4H,1,5-6H2,2-3H3. The summed E-state index contributed by atoms with van der Waals surface area (Å²) in [4.78, 5) is 10.8. The van der Waals surface area contributed by atoms with E-state index in [1.807, 2.05) is 0 Å². The molecule has 0 aromatic rings. The Bertz CT molecular complexity index is 452. The third-order valence-electron chi connectivity index (χ3n) is 2.68. The third kappa shape index (κ3) is 4.54. The Morgan fingerprint density at radius 3 is 1.74 bits per heavy atom. The van der Waals surface area contributed by atoms with Gasteiger partial charge in [0, 0.05) is 17.9 Å². The van der Waals surface area contributed by atoms with Crippen molar-refractivity contribution in [1.29, 1.82) is 0 Å². The first-order valence-corrected chi connectivity index (χ1v) is 5.91. The average Bonchev–Trinajstić information content (AvgIpc) is 2.32. The molecular formula is C12H13F9O2. The summed E-state index contributed by atoms with van der Waals surface area (Å²) in [6.45, 7) is 3.72. The molecule has 0 saturated carbocycles. The summed E-state index contributed by atoms with van der Waals surface area (Å²) in [5.41, 5.74) is -2.01. The van der Waals surface area contributed by atoms with Crippen molar-refractivity contribution >= 4 is 5.97 Å². The molecule has 0 aliphatic rings. The van der Waals surface area contributed by atoms with Gasteiger partial charge >= 0.3 is 29.9 Å². The Morgan fingerprint density at radius 1 is 0.957 bits per heavy atom. The quantitative estimate of drug-likeness (QED) is 0.377. The fourth-order valence-electron chi connectivity index (χ4n) is 1.50. The van der Waals surface area contributed by atoms with Crippen LogP contribution in [0.1, 0.15) is 20.3 Å². The smallest absolute Gasteiger partial charge is 0.460 e. The number of rotatable bonds is 7. The highest BCUT2D eigenvalue weighted by atomic mass is 19.4. The second-order valence-electron chi connectivity index (χ2n) is 5.50. The van der Waals surface area contributed by atoms with E-state index in [1.165, 1.54) is 0 Å². The van der Waals surface area contributed by atoms with Crippen LogP contribution in [-0.2, 0) is 9.53 Å². The Kier molecular flexibility index (Phi) is 5.85. The van der Waals surface area contributed by atoms with Crippen molar-refractivity contribution in [3.8, 4) is 0 Å². The van der Waals surface area contributed by atoms with Gasteiger partial charge in [0.25, 0.3) is 0 Å². The zero-order valence-corrected chi connectivity index (χ0v) is 11.9. The van der Waals surface area contributed by atoms with Gasteiger partial charge in [0.15, 0.2) is 0 Å². The van der Waals surface area contributed by atoms with Crippen molar-refractivity contribution in [3.63, 3.8) is 0 Å². The molecular weight excluding hydrogens is 347 g/mol. The number of carbonyl (C=O) groups excluding carboxylic acids is 1. The summed E-state index contributed by atoms with van der Waals surface area (Å²) >= 11 is 0. The third-order valence-corrected chi connectivity index (χ3v) is 2.68.